The number of Topliss-reactive ketones (excluding diaryl/α,β-unsaturated/α-hetero) is 2. The van der Waals surface area contributed by atoms with Crippen molar-refractivity contribution in [3.05, 3.63) is 0 Å². The Balaban J connectivity index is 4.34. The second kappa shape index (κ2) is 18.0. The topological polar surface area (TPSA) is 191 Å². The van der Waals surface area contributed by atoms with Gasteiger partial charge in [0.1, 0.15) is 0 Å². The van der Waals surface area contributed by atoms with E-state index in [-0.39, 0.29) is 55.7 Å². The molecule has 0 radical (unpaired) electrons. The van der Waals surface area contributed by atoms with Gasteiger partial charge in [0.05, 0.1) is 25.0 Å². The van der Waals surface area contributed by atoms with Crippen molar-refractivity contribution in [1.29, 1.82) is 0 Å². The van der Waals surface area contributed by atoms with Gasteiger partial charge < -0.3 is 27.4 Å². The van der Waals surface area contributed by atoms with E-state index in [0.717, 1.165) is 5.75 Å². The maximum atomic E-state index is 12.6. The number of amides is 4. The highest BCUT2D eigenvalue weighted by atomic mass is 32.2. The second-order valence-corrected chi connectivity index (χ2v) is 8.87. The number of unbranched alkanes of at least 4 members (excludes halogenated alkanes) is 1. The van der Waals surface area contributed by atoms with Gasteiger partial charge in [0.2, 0.25) is 23.6 Å². The zero-order valence-electron chi connectivity index (χ0n) is 19.4. The summed E-state index contributed by atoms with van der Waals surface area (Å²) in [7, 11) is 0. The number of nitrogens with two attached hydrogens (primary N) is 2. The van der Waals surface area contributed by atoms with Crippen LogP contribution in [0.4, 0.5) is 0 Å². The summed E-state index contributed by atoms with van der Waals surface area (Å²) in [5, 5.41) is 7.67. The minimum absolute atomic E-state index is 0.00708. The van der Waals surface area contributed by atoms with Crippen molar-refractivity contribution < 1.29 is 28.8 Å². The summed E-state index contributed by atoms with van der Waals surface area (Å²) in [5.74, 6) is -1.43. The first-order valence-corrected chi connectivity index (χ1v) is 12.2. The number of hydrogen-bond donors (Lipinski definition) is 5. The van der Waals surface area contributed by atoms with E-state index in [9.17, 15) is 28.8 Å². The molecular formula is C21H37N5O6S. The Hall–Kier alpha value is -2.47. The molecule has 0 saturated carbocycles. The molecule has 0 fully saturated rings. The number of hydrogen-bond acceptors (Lipinski definition) is 8. The molecule has 0 aliphatic rings. The Morgan fingerprint density at radius 2 is 1.67 bits per heavy atom. The van der Waals surface area contributed by atoms with E-state index in [4.69, 9.17) is 11.5 Å². The van der Waals surface area contributed by atoms with Crippen LogP contribution in [0.3, 0.4) is 0 Å². The monoisotopic (exact) mass is 487 g/mol. The largest absolute Gasteiger partial charge is 0.369 e. The standard InChI is InChI=1S/C21H37N5O6S/c1-3-33-13-15(21(23)32)10-18(29)17(26-14(2)27)6-4-5-9-24-19(30)8-7-16(28)12-25-20(31)11-22/h15,17H,3-13,22H2,1-2H3,(H2,23,32)(H,24,30)(H,25,31)(H,26,27). The molecule has 0 saturated heterocycles. The van der Waals surface area contributed by atoms with Crippen molar-refractivity contribution in [2.24, 2.45) is 17.4 Å². The van der Waals surface area contributed by atoms with Crippen molar-refractivity contribution >= 4 is 47.0 Å². The summed E-state index contributed by atoms with van der Waals surface area (Å²) in [6, 6.07) is -0.715. The van der Waals surface area contributed by atoms with Crippen LogP contribution in [0.5, 0.6) is 0 Å². The fourth-order valence-electron chi connectivity index (χ4n) is 2.85. The normalized spacial score (nSPS) is 12.3. The van der Waals surface area contributed by atoms with Gasteiger partial charge >= 0.3 is 0 Å². The highest BCUT2D eigenvalue weighted by Crippen LogP contribution is 2.15. The fraction of sp³-hybridized carbons (Fsp3) is 0.714. The van der Waals surface area contributed by atoms with E-state index >= 15 is 0 Å². The van der Waals surface area contributed by atoms with Crippen LogP contribution >= 0.6 is 11.8 Å². The number of thioether (sulfide) groups is 1. The number of ketones is 2. The summed E-state index contributed by atoms with van der Waals surface area (Å²) >= 11 is 1.52. The molecule has 188 valence electrons. The highest BCUT2D eigenvalue weighted by Gasteiger charge is 2.25. The molecule has 0 rings (SSSR count). The zero-order chi connectivity index (χ0) is 25.2. The molecular weight excluding hydrogens is 450 g/mol. The van der Waals surface area contributed by atoms with Crippen LogP contribution < -0.4 is 27.4 Å². The average molecular weight is 488 g/mol. The van der Waals surface area contributed by atoms with E-state index in [2.05, 4.69) is 16.0 Å². The molecule has 0 aliphatic heterocycles. The zero-order valence-corrected chi connectivity index (χ0v) is 20.3. The highest BCUT2D eigenvalue weighted by molar-refractivity contribution is 7.99. The van der Waals surface area contributed by atoms with Crippen LogP contribution in [0.25, 0.3) is 0 Å². The lowest BCUT2D eigenvalue weighted by Crippen LogP contribution is -2.42. The lowest BCUT2D eigenvalue weighted by atomic mass is 9.96. The first-order chi connectivity index (χ1) is 15.6. The number of carbonyl (C=O) groups excluding carboxylic acids is 6. The van der Waals surface area contributed by atoms with E-state index < -0.39 is 23.8 Å². The van der Waals surface area contributed by atoms with E-state index in [1.165, 1.54) is 18.7 Å². The first kappa shape index (κ1) is 30.5. The quantitative estimate of drug-likeness (QED) is 0.143. The minimum Gasteiger partial charge on any atom is -0.369 e. The molecule has 11 nitrogen and oxygen atoms in total. The van der Waals surface area contributed by atoms with Crippen LogP contribution in [-0.4, -0.2) is 72.4 Å². The number of carbonyl (C=O) groups is 6. The lowest BCUT2D eigenvalue weighted by Gasteiger charge is -2.19. The van der Waals surface area contributed by atoms with Crippen molar-refractivity contribution in [3.8, 4) is 0 Å². The molecule has 0 spiro atoms. The van der Waals surface area contributed by atoms with Gasteiger partial charge in [-0.3, -0.25) is 28.8 Å². The molecule has 12 heteroatoms. The summed E-state index contributed by atoms with van der Waals surface area (Å²) in [4.78, 5) is 70.2. The summed E-state index contributed by atoms with van der Waals surface area (Å²) < 4.78 is 0. The smallest absolute Gasteiger partial charge is 0.234 e. The molecule has 7 N–H and O–H groups in total. The molecule has 2 unspecified atom stereocenters. The third-order valence-corrected chi connectivity index (χ3v) is 5.73. The Morgan fingerprint density at radius 3 is 2.24 bits per heavy atom. The van der Waals surface area contributed by atoms with Gasteiger partial charge in [0, 0.05) is 38.5 Å². The van der Waals surface area contributed by atoms with Gasteiger partial charge in [-0.15, -0.1) is 0 Å². The summed E-state index contributed by atoms with van der Waals surface area (Å²) in [5.41, 5.74) is 10.5. The minimum atomic E-state index is -0.715. The van der Waals surface area contributed by atoms with Crippen molar-refractivity contribution in [3.63, 3.8) is 0 Å². The van der Waals surface area contributed by atoms with E-state index in [1.54, 1.807) is 0 Å². The second-order valence-electron chi connectivity index (χ2n) is 7.55. The Morgan fingerprint density at radius 1 is 0.970 bits per heavy atom. The van der Waals surface area contributed by atoms with Gasteiger partial charge in [-0.1, -0.05) is 6.92 Å². The van der Waals surface area contributed by atoms with Crippen molar-refractivity contribution in [2.45, 2.75) is 58.4 Å². The van der Waals surface area contributed by atoms with E-state index in [1.807, 2.05) is 6.92 Å². The average Bonchev–Trinajstić information content (AvgIpc) is 2.76. The van der Waals surface area contributed by atoms with Crippen LogP contribution in [0, 0.1) is 5.92 Å². The van der Waals surface area contributed by atoms with Crippen molar-refractivity contribution in [1.82, 2.24) is 16.0 Å². The molecule has 0 aromatic carbocycles. The van der Waals surface area contributed by atoms with Crippen LogP contribution in [0.2, 0.25) is 0 Å². The molecule has 0 aromatic heterocycles. The fourth-order valence-corrected chi connectivity index (χ4v) is 3.65. The maximum Gasteiger partial charge on any atom is 0.234 e. The van der Waals surface area contributed by atoms with Gasteiger partial charge in [-0.2, -0.15) is 11.8 Å². The molecule has 2 atom stereocenters. The summed E-state index contributed by atoms with van der Waals surface area (Å²) in [6.07, 6.45) is 1.50. The predicted molar refractivity (Wildman–Crippen MR) is 126 cm³/mol. The van der Waals surface area contributed by atoms with Crippen molar-refractivity contribution in [2.75, 3.05) is 31.1 Å². The Labute approximate surface area is 198 Å². The molecule has 0 bridgehead atoms. The number of rotatable bonds is 19. The third kappa shape index (κ3) is 15.9. The Bertz CT molecular complexity index is 688. The van der Waals surface area contributed by atoms with Crippen LogP contribution in [-0.2, 0) is 28.8 Å². The Kier molecular flexibility index (Phi) is 16.7. The molecule has 0 aliphatic carbocycles. The SMILES string of the molecule is CCSCC(CC(=O)C(CCCCNC(=O)CCC(=O)CNC(=O)CN)NC(C)=O)C(N)=O. The van der Waals surface area contributed by atoms with E-state index in [0.29, 0.717) is 31.6 Å². The number of nitrogens with one attached hydrogen (secondary N) is 3. The molecule has 0 aromatic rings. The predicted octanol–water partition coefficient (Wildman–Crippen LogP) is -0.984. The van der Waals surface area contributed by atoms with Gasteiger partial charge in [-0.05, 0) is 25.0 Å². The van der Waals surface area contributed by atoms with Crippen LogP contribution in [0.15, 0.2) is 0 Å². The molecule has 33 heavy (non-hydrogen) atoms. The molecule has 4 amide bonds. The lowest BCUT2D eigenvalue weighted by molar-refractivity contribution is -0.129. The summed E-state index contributed by atoms with van der Waals surface area (Å²) in [6.45, 7) is 3.27. The van der Waals surface area contributed by atoms with Gasteiger partial charge in [-0.25, -0.2) is 0 Å². The third-order valence-electron chi connectivity index (χ3n) is 4.68. The number of primary amides is 1. The van der Waals surface area contributed by atoms with Crippen LogP contribution in [0.1, 0.15) is 52.4 Å². The first-order valence-electron chi connectivity index (χ1n) is 11.0. The molecule has 0 heterocycles. The maximum absolute atomic E-state index is 12.6. The van der Waals surface area contributed by atoms with Gasteiger partial charge in [0.25, 0.3) is 0 Å². The van der Waals surface area contributed by atoms with Gasteiger partial charge in [0.15, 0.2) is 11.6 Å².